The second-order valence-corrected chi connectivity index (χ2v) is 6.29. The number of carbonyl (C=O) groups is 2. The fraction of sp³-hybridized carbons (Fsp3) is 0.263. The predicted octanol–water partition coefficient (Wildman–Crippen LogP) is 2.86. The molecule has 0 spiro atoms. The van der Waals surface area contributed by atoms with Crippen molar-refractivity contribution in [3.8, 4) is 5.75 Å². The second-order valence-electron chi connectivity index (χ2n) is 6.29. The van der Waals surface area contributed by atoms with Crippen molar-refractivity contribution in [2.75, 3.05) is 18.0 Å². The van der Waals surface area contributed by atoms with Crippen molar-refractivity contribution in [2.24, 2.45) is 0 Å². The summed E-state index contributed by atoms with van der Waals surface area (Å²) in [5.74, 6) is -1.49. The minimum absolute atomic E-state index is 0.182. The number of aryl methyl sites for hydroxylation is 1. The van der Waals surface area contributed by atoms with Crippen LogP contribution in [-0.4, -0.2) is 30.1 Å². The quantitative estimate of drug-likeness (QED) is 0.787. The molecule has 3 amide bonds. The van der Waals surface area contributed by atoms with Crippen LogP contribution in [0.15, 0.2) is 36.4 Å². The van der Waals surface area contributed by atoms with E-state index >= 15 is 0 Å². The molecule has 1 heterocycles. The van der Waals surface area contributed by atoms with Gasteiger partial charge in [-0.1, -0.05) is 12.1 Å². The van der Waals surface area contributed by atoms with Crippen LogP contribution in [0, 0.1) is 12.7 Å². The minimum Gasteiger partial charge on any atom is -0.505 e. The number of phenols is 1. The van der Waals surface area contributed by atoms with Crippen molar-refractivity contribution in [1.82, 2.24) is 10.6 Å². The van der Waals surface area contributed by atoms with Gasteiger partial charge in [0.05, 0.1) is 6.04 Å². The van der Waals surface area contributed by atoms with Gasteiger partial charge in [0.25, 0.3) is 5.91 Å². The molecule has 1 saturated heterocycles. The topological polar surface area (TPSA) is 81.7 Å². The van der Waals surface area contributed by atoms with Gasteiger partial charge >= 0.3 is 6.03 Å². The highest BCUT2D eigenvalue weighted by atomic mass is 19.1. The summed E-state index contributed by atoms with van der Waals surface area (Å²) in [6.45, 7) is 4.73. The molecule has 1 aliphatic rings. The molecule has 0 aromatic heterocycles. The molecule has 3 rings (SSSR count). The molecular weight excluding hydrogens is 337 g/mol. The predicted molar refractivity (Wildman–Crippen MR) is 95.9 cm³/mol. The molecule has 2 aromatic carbocycles. The average Bonchev–Trinajstić information content (AvgIpc) is 3.03. The lowest BCUT2D eigenvalue weighted by molar-refractivity contribution is 0.0939. The van der Waals surface area contributed by atoms with Crippen LogP contribution >= 0.6 is 0 Å². The minimum atomic E-state index is -0.735. The number of phenolic OH excluding ortho intramolecular Hbond substituents is 1. The zero-order valence-electron chi connectivity index (χ0n) is 14.5. The maximum atomic E-state index is 13.5. The van der Waals surface area contributed by atoms with Crippen LogP contribution in [0.25, 0.3) is 0 Å². The van der Waals surface area contributed by atoms with Gasteiger partial charge < -0.3 is 15.7 Å². The average molecular weight is 357 g/mol. The van der Waals surface area contributed by atoms with E-state index in [1.807, 2.05) is 6.92 Å². The maximum absolute atomic E-state index is 13.5. The van der Waals surface area contributed by atoms with Crippen LogP contribution in [0.5, 0.6) is 5.75 Å². The molecule has 1 aliphatic heterocycles. The number of nitrogens with one attached hydrogen (secondary N) is 2. The van der Waals surface area contributed by atoms with Gasteiger partial charge in [0, 0.05) is 24.3 Å². The van der Waals surface area contributed by atoms with Gasteiger partial charge in [-0.25, -0.2) is 9.18 Å². The molecule has 1 atom stereocenters. The zero-order chi connectivity index (χ0) is 18.8. The number of halogens is 1. The van der Waals surface area contributed by atoms with Crippen molar-refractivity contribution < 1.29 is 19.1 Å². The number of hydrogen-bond acceptors (Lipinski definition) is 3. The first-order chi connectivity index (χ1) is 12.4. The van der Waals surface area contributed by atoms with Gasteiger partial charge in [-0.3, -0.25) is 9.69 Å². The summed E-state index contributed by atoms with van der Waals surface area (Å²) in [5.41, 5.74) is 2.54. The highest BCUT2D eigenvalue weighted by Gasteiger charge is 2.23. The highest BCUT2D eigenvalue weighted by molar-refractivity contribution is 5.99. The fourth-order valence-electron chi connectivity index (χ4n) is 2.90. The molecule has 1 fully saturated rings. The Bertz CT molecular complexity index is 869. The SMILES string of the molecule is Cc1ccc(C(=O)N[C@H](C)c2ccc(O)c(F)c2)cc1N1CCNC1=O. The van der Waals surface area contributed by atoms with Gasteiger partial charge in [-0.05, 0) is 49.2 Å². The second kappa shape index (κ2) is 7.03. The third-order valence-corrected chi connectivity index (χ3v) is 4.44. The molecule has 6 nitrogen and oxygen atoms in total. The Morgan fingerprint density at radius 3 is 2.73 bits per heavy atom. The lowest BCUT2D eigenvalue weighted by Gasteiger charge is -2.19. The number of amides is 3. The van der Waals surface area contributed by atoms with Crippen molar-refractivity contribution in [2.45, 2.75) is 19.9 Å². The van der Waals surface area contributed by atoms with Gasteiger partial charge in [0.2, 0.25) is 0 Å². The van der Waals surface area contributed by atoms with E-state index in [1.54, 1.807) is 36.1 Å². The van der Waals surface area contributed by atoms with E-state index in [1.165, 1.54) is 12.1 Å². The Morgan fingerprint density at radius 2 is 2.08 bits per heavy atom. The van der Waals surface area contributed by atoms with E-state index in [0.29, 0.717) is 29.9 Å². The van der Waals surface area contributed by atoms with Crippen LogP contribution in [0.3, 0.4) is 0 Å². The number of carbonyl (C=O) groups excluding carboxylic acids is 2. The summed E-state index contributed by atoms with van der Waals surface area (Å²) >= 11 is 0. The molecule has 7 heteroatoms. The largest absolute Gasteiger partial charge is 0.505 e. The van der Waals surface area contributed by atoms with E-state index in [2.05, 4.69) is 10.6 Å². The summed E-state index contributed by atoms with van der Waals surface area (Å²) in [7, 11) is 0. The van der Waals surface area contributed by atoms with Gasteiger partial charge in [-0.2, -0.15) is 0 Å². The third-order valence-electron chi connectivity index (χ3n) is 4.44. The van der Waals surface area contributed by atoms with E-state index in [4.69, 9.17) is 0 Å². The van der Waals surface area contributed by atoms with Gasteiger partial charge in [0.1, 0.15) is 0 Å². The normalized spacial score (nSPS) is 14.9. The lowest BCUT2D eigenvalue weighted by atomic mass is 10.1. The van der Waals surface area contributed by atoms with Crippen molar-refractivity contribution in [1.29, 1.82) is 0 Å². The van der Waals surface area contributed by atoms with Crippen molar-refractivity contribution in [3.05, 3.63) is 58.9 Å². The van der Waals surface area contributed by atoms with Gasteiger partial charge in [-0.15, -0.1) is 0 Å². The van der Waals surface area contributed by atoms with E-state index in [0.717, 1.165) is 5.56 Å². The molecule has 136 valence electrons. The summed E-state index contributed by atoms with van der Waals surface area (Å²) in [4.78, 5) is 26.1. The summed E-state index contributed by atoms with van der Waals surface area (Å²) < 4.78 is 13.5. The molecule has 0 aliphatic carbocycles. The lowest BCUT2D eigenvalue weighted by Crippen LogP contribution is -2.30. The molecule has 26 heavy (non-hydrogen) atoms. The summed E-state index contributed by atoms with van der Waals surface area (Å²) in [6, 6.07) is 8.53. The van der Waals surface area contributed by atoms with E-state index in [-0.39, 0.29) is 11.9 Å². The first-order valence-corrected chi connectivity index (χ1v) is 8.32. The Labute approximate surface area is 150 Å². The number of benzene rings is 2. The van der Waals surface area contributed by atoms with Crippen molar-refractivity contribution >= 4 is 17.6 Å². The van der Waals surface area contributed by atoms with Crippen molar-refractivity contribution in [3.63, 3.8) is 0 Å². The standard InChI is InChI=1S/C19H20FN3O3/c1-11-3-4-14(10-16(11)23-8-7-21-19(23)26)18(25)22-12(2)13-5-6-17(24)15(20)9-13/h3-6,9-10,12,24H,7-8H2,1-2H3,(H,21,26)(H,22,25)/t12-/m1/s1. The molecule has 3 N–H and O–H groups in total. The number of aromatic hydroxyl groups is 1. The van der Waals surface area contributed by atoms with Crippen LogP contribution < -0.4 is 15.5 Å². The first kappa shape index (κ1) is 17.7. The van der Waals surface area contributed by atoms with E-state index < -0.39 is 17.6 Å². The Morgan fingerprint density at radius 1 is 1.31 bits per heavy atom. The Hall–Kier alpha value is -3.09. The third kappa shape index (κ3) is 3.46. The molecule has 0 saturated carbocycles. The number of nitrogens with zero attached hydrogens (tertiary/aromatic N) is 1. The molecule has 0 bridgehead atoms. The first-order valence-electron chi connectivity index (χ1n) is 8.32. The van der Waals surface area contributed by atoms with Crippen LogP contribution in [0.1, 0.15) is 34.5 Å². The number of hydrogen-bond donors (Lipinski definition) is 3. The monoisotopic (exact) mass is 357 g/mol. The van der Waals surface area contributed by atoms with Crippen LogP contribution in [-0.2, 0) is 0 Å². The van der Waals surface area contributed by atoms with Crippen LogP contribution in [0.2, 0.25) is 0 Å². The number of anilines is 1. The maximum Gasteiger partial charge on any atom is 0.322 e. The summed E-state index contributed by atoms with van der Waals surface area (Å²) in [6.07, 6.45) is 0. The smallest absolute Gasteiger partial charge is 0.322 e. The fourth-order valence-corrected chi connectivity index (χ4v) is 2.90. The molecular formula is C19H20FN3O3. The number of urea groups is 1. The Kier molecular flexibility index (Phi) is 4.79. The highest BCUT2D eigenvalue weighted by Crippen LogP contribution is 2.24. The molecule has 0 radical (unpaired) electrons. The summed E-state index contributed by atoms with van der Waals surface area (Å²) in [5, 5.41) is 14.8. The molecule has 2 aromatic rings. The van der Waals surface area contributed by atoms with E-state index in [9.17, 15) is 19.1 Å². The van der Waals surface area contributed by atoms with Crippen LogP contribution in [0.4, 0.5) is 14.9 Å². The molecule has 0 unspecified atom stereocenters. The zero-order valence-corrected chi connectivity index (χ0v) is 14.5. The van der Waals surface area contributed by atoms with Gasteiger partial charge in [0.15, 0.2) is 11.6 Å². The number of rotatable bonds is 4. The Balaban J connectivity index is 1.79.